The van der Waals surface area contributed by atoms with Gasteiger partial charge >= 0.3 is 0 Å². The summed E-state index contributed by atoms with van der Waals surface area (Å²) in [5.74, 6) is 0.807. The maximum absolute atomic E-state index is 11.7. The summed E-state index contributed by atoms with van der Waals surface area (Å²) in [5, 5.41) is 1.92. The first kappa shape index (κ1) is 19.1. The van der Waals surface area contributed by atoms with Crippen LogP contribution < -0.4 is 5.32 Å². The molecule has 2 amide bonds. The fraction of sp³-hybridized carbons (Fsp3) is 0.304. The summed E-state index contributed by atoms with van der Waals surface area (Å²) in [6.07, 6.45) is 9.55. The van der Waals surface area contributed by atoms with Crippen molar-refractivity contribution in [2.45, 2.75) is 44.9 Å². The predicted octanol–water partition coefficient (Wildman–Crippen LogP) is 5.57. The van der Waals surface area contributed by atoms with Crippen LogP contribution in [0.1, 0.15) is 55.0 Å². The monoisotopic (exact) mass is 419 g/mol. The zero-order valence-corrected chi connectivity index (χ0v) is 17.4. The molecule has 7 heteroatoms. The van der Waals surface area contributed by atoms with E-state index in [1.165, 1.54) is 37.7 Å². The molecule has 6 nitrogen and oxygen atoms in total. The Kier molecular flexibility index (Phi) is 4.90. The van der Waals surface area contributed by atoms with Gasteiger partial charge in [-0.2, -0.15) is 0 Å². The van der Waals surface area contributed by atoms with Gasteiger partial charge in [0.25, 0.3) is 11.1 Å². The van der Waals surface area contributed by atoms with Crippen molar-refractivity contribution < 1.29 is 14.0 Å². The van der Waals surface area contributed by atoms with Crippen molar-refractivity contribution in [3.05, 3.63) is 52.4 Å². The van der Waals surface area contributed by atoms with E-state index in [4.69, 9.17) is 4.42 Å². The predicted molar refractivity (Wildman–Crippen MR) is 117 cm³/mol. The summed E-state index contributed by atoms with van der Waals surface area (Å²) in [5.41, 5.74) is 5.63. The number of oxazole rings is 1. The molecule has 0 unspecified atom stereocenters. The highest BCUT2D eigenvalue weighted by atomic mass is 32.2. The number of pyridine rings is 1. The van der Waals surface area contributed by atoms with E-state index >= 15 is 0 Å². The van der Waals surface area contributed by atoms with Crippen LogP contribution in [0.4, 0.5) is 4.79 Å². The highest BCUT2D eigenvalue weighted by Gasteiger charge is 2.25. The van der Waals surface area contributed by atoms with E-state index in [1.807, 2.05) is 25.1 Å². The third-order valence-electron chi connectivity index (χ3n) is 5.69. The summed E-state index contributed by atoms with van der Waals surface area (Å²) >= 11 is 0.906. The fourth-order valence-electron chi connectivity index (χ4n) is 4.27. The minimum absolute atomic E-state index is 0.345. The highest BCUT2D eigenvalue weighted by Crippen LogP contribution is 2.39. The molecule has 1 aliphatic heterocycles. The van der Waals surface area contributed by atoms with Crippen LogP contribution in [0.5, 0.6) is 0 Å². The first-order chi connectivity index (χ1) is 14.6. The number of amides is 2. The van der Waals surface area contributed by atoms with Crippen LogP contribution in [-0.4, -0.2) is 21.1 Å². The summed E-state index contributed by atoms with van der Waals surface area (Å²) in [6, 6.07) is 8.06. The smallest absolute Gasteiger partial charge is 0.290 e. The molecular weight excluding hydrogens is 398 g/mol. The van der Waals surface area contributed by atoms with Crippen molar-refractivity contribution in [1.29, 1.82) is 0 Å². The number of nitrogens with zero attached hydrogens (tertiary/aromatic N) is 2. The Balaban J connectivity index is 1.50. The molecule has 1 aliphatic carbocycles. The lowest BCUT2D eigenvalue weighted by Gasteiger charge is -2.22. The Morgan fingerprint density at radius 1 is 1.17 bits per heavy atom. The zero-order chi connectivity index (χ0) is 20.7. The number of thioether (sulfide) groups is 1. The summed E-state index contributed by atoms with van der Waals surface area (Å²) in [6.45, 7) is 1.88. The SMILES string of the molecule is Cc1nc2cc(-c3ccc(/C=C4\SC(=O)NC4=O)cn3)cc(C3CCCCC3)c2o1. The third-order valence-corrected chi connectivity index (χ3v) is 6.50. The summed E-state index contributed by atoms with van der Waals surface area (Å²) in [7, 11) is 0. The van der Waals surface area contributed by atoms with Crippen molar-refractivity contribution in [1.82, 2.24) is 15.3 Å². The van der Waals surface area contributed by atoms with Gasteiger partial charge in [0.2, 0.25) is 0 Å². The standard InChI is InChI=1S/C23H21N3O3S/c1-13-25-19-11-16(10-17(21(19)29-13)15-5-3-2-4-6-15)18-8-7-14(12-24-18)9-20-22(27)26-23(28)30-20/h7-12,15H,2-6H2,1H3,(H,26,27,28)/b20-9-. The second-order valence-corrected chi connectivity index (χ2v) is 8.83. The maximum atomic E-state index is 11.7. The number of rotatable bonds is 3. The van der Waals surface area contributed by atoms with Gasteiger partial charge < -0.3 is 4.42 Å². The number of carbonyl (C=O) groups excluding carboxylic acids is 2. The molecule has 152 valence electrons. The van der Waals surface area contributed by atoms with Gasteiger partial charge in [0.05, 0.1) is 10.6 Å². The minimum Gasteiger partial charge on any atom is -0.441 e. The molecule has 1 saturated heterocycles. The van der Waals surface area contributed by atoms with Crippen molar-refractivity contribution in [2.75, 3.05) is 0 Å². The Bertz CT molecular complexity index is 1170. The number of hydrogen-bond donors (Lipinski definition) is 1. The van der Waals surface area contributed by atoms with Crippen molar-refractivity contribution in [3.63, 3.8) is 0 Å². The first-order valence-corrected chi connectivity index (χ1v) is 11.0. The van der Waals surface area contributed by atoms with Gasteiger partial charge in [-0.15, -0.1) is 0 Å². The molecule has 30 heavy (non-hydrogen) atoms. The van der Waals surface area contributed by atoms with Gasteiger partial charge in [0, 0.05) is 24.2 Å². The van der Waals surface area contributed by atoms with Gasteiger partial charge in [-0.1, -0.05) is 25.3 Å². The average Bonchev–Trinajstić information content (AvgIpc) is 3.28. The van der Waals surface area contributed by atoms with E-state index in [-0.39, 0.29) is 11.1 Å². The molecule has 1 saturated carbocycles. The van der Waals surface area contributed by atoms with Crippen LogP contribution in [0.2, 0.25) is 0 Å². The summed E-state index contributed by atoms with van der Waals surface area (Å²) in [4.78, 5) is 32.6. The van der Waals surface area contributed by atoms with E-state index < -0.39 is 0 Å². The topological polar surface area (TPSA) is 85.1 Å². The highest BCUT2D eigenvalue weighted by molar-refractivity contribution is 8.18. The molecule has 0 spiro atoms. The first-order valence-electron chi connectivity index (χ1n) is 10.2. The quantitative estimate of drug-likeness (QED) is 0.559. The Labute approximate surface area is 178 Å². The molecule has 0 bridgehead atoms. The van der Waals surface area contributed by atoms with Crippen molar-refractivity contribution in [3.8, 4) is 11.3 Å². The van der Waals surface area contributed by atoms with E-state index in [2.05, 4.69) is 21.4 Å². The normalized spacial score (nSPS) is 19.0. The number of fused-ring (bicyclic) bond motifs is 1. The van der Waals surface area contributed by atoms with E-state index in [1.54, 1.807) is 12.3 Å². The lowest BCUT2D eigenvalue weighted by molar-refractivity contribution is -0.115. The van der Waals surface area contributed by atoms with Crippen LogP contribution in [0, 0.1) is 6.92 Å². The van der Waals surface area contributed by atoms with Gasteiger partial charge in [-0.25, -0.2) is 4.98 Å². The average molecular weight is 420 g/mol. The van der Waals surface area contributed by atoms with Crippen LogP contribution in [-0.2, 0) is 4.79 Å². The number of imide groups is 1. The van der Waals surface area contributed by atoms with Gasteiger partial charge in [0.1, 0.15) is 5.52 Å². The van der Waals surface area contributed by atoms with E-state index in [0.29, 0.717) is 16.7 Å². The van der Waals surface area contributed by atoms with Crippen molar-refractivity contribution in [2.24, 2.45) is 0 Å². The Morgan fingerprint density at radius 3 is 2.70 bits per heavy atom. The van der Waals surface area contributed by atoms with Crippen molar-refractivity contribution >= 4 is 40.1 Å². The number of aromatic nitrogens is 2. The molecule has 3 heterocycles. The maximum Gasteiger partial charge on any atom is 0.290 e. The van der Waals surface area contributed by atoms with E-state index in [0.717, 1.165) is 39.7 Å². The zero-order valence-electron chi connectivity index (χ0n) is 16.6. The molecule has 0 radical (unpaired) electrons. The Hall–Kier alpha value is -2.93. The van der Waals surface area contributed by atoms with Gasteiger partial charge in [-0.05, 0) is 60.4 Å². The summed E-state index contributed by atoms with van der Waals surface area (Å²) < 4.78 is 5.95. The van der Waals surface area contributed by atoms with Crippen LogP contribution in [0.15, 0.2) is 39.8 Å². The minimum atomic E-state index is -0.363. The lowest BCUT2D eigenvalue weighted by atomic mass is 9.83. The van der Waals surface area contributed by atoms with Gasteiger partial charge in [-0.3, -0.25) is 19.9 Å². The molecular formula is C23H21N3O3S. The van der Waals surface area contributed by atoms with Gasteiger partial charge in [0.15, 0.2) is 11.5 Å². The number of nitrogens with one attached hydrogen (secondary N) is 1. The Morgan fingerprint density at radius 2 is 2.00 bits per heavy atom. The second kappa shape index (κ2) is 7.72. The molecule has 2 aliphatic rings. The molecule has 2 fully saturated rings. The third kappa shape index (κ3) is 3.65. The molecule has 1 N–H and O–H groups in total. The van der Waals surface area contributed by atoms with Crippen LogP contribution in [0.3, 0.4) is 0 Å². The fourth-order valence-corrected chi connectivity index (χ4v) is 4.95. The molecule has 5 rings (SSSR count). The number of hydrogen-bond acceptors (Lipinski definition) is 6. The molecule has 1 aromatic carbocycles. The number of aryl methyl sites for hydroxylation is 1. The number of carbonyl (C=O) groups is 2. The molecule has 2 aromatic heterocycles. The molecule has 3 aromatic rings. The largest absolute Gasteiger partial charge is 0.441 e. The second-order valence-electron chi connectivity index (χ2n) is 7.81. The lowest BCUT2D eigenvalue weighted by Crippen LogP contribution is -2.17. The number of benzene rings is 1. The van der Waals surface area contributed by atoms with E-state index in [9.17, 15) is 9.59 Å². The van der Waals surface area contributed by atoms with Crippen LogP contribution >= 0.6 is 11.8 Å². The molecule has 0 atom stereocenters. The van der Waals surface area contributed by atoms with Crippen LogP contribution in [0.25, 0.3) is 28.4 Å².